The minimum atomic E-state index is 0.359. The molecule has 2 heteroatoms. The van der Waals surface area contributed by atoms with Crippen molar-refractivity contribution in [1.29, 1.82) is 0 Å². The third kappa shape index (κ3) is 4.36. The van der Waals surface area contributed by atoms with Gasteiger partial charge in [-0.2, -0.15) is 0 Å². The van der Waals surface area contributed by atoms with E-state index in [0.717, 1.165) is 11.4 Å². The Morgan fingerprint density at radius 2 is 1.55 bits per heavy atom. The van der Waals surface area contributed by atoms with Gasteiger partial charge in [0, 0.05) is 17.1 Å². The van der Waals surface area contributed by atoms with Crippen molar-refractivity contribution in [1.82, 2.24) is 5.32 Å². The van der Waals surface area contributed by atoms with E-state index in [9.17, 15) is 0 Å². The Morgan fingerprint density at radius 1 is 0.950 bits per heavy atom. The smallest absolute Gasteiger partial charge is 0.0406 e. The molecule has 0 amide bonds. The van der Waals surface area contributed by atoms with Gasteiger partial charge in [0.2, 0.25) is 0 Å². The largest absolute Gasteiger partial charge is 0.307 e. The van der Waals surface area contributed by atoms with Crippen LogP contribution in [0.4, 0.5) is 0 Å². The summed E-state index contributed by atoms with van der Waals surface area (Å²) in [4.78, 5) is 0. The lowest BCUT2D eigenvalue weighted by atomic mass is 10.0. The van der Waals surface area contributed by atoms with E-state index in [1.807, 2.05) is 12.1 Å². The molecule has 1 nitrogen and oxygen atoms in total. The number of hydrogen-bond donors (Lipinski definition) is 1. The van der Waals surface area contributed by atoms with Crippen LogP contribution in [0.5, 0.6) is 0 Å². The van der Waals surface area contributed by atoms with Crippen LogP contribution < -0.4 is 5.32 Å². The van der Waals surface area contributed by atoms with Crippen molar-refractivity contribution >= 4 is 11.6 Å². The van der Waals surface area contributed by atoms with Gasteiger partial charge < -0.3 is 5.32 Å². The minimum Gasteiger partial charge on any atom is -0.307 e. The standard InChI is InChI=1S/C18H22ClN/c1-13-4-8-17(9-5-13)15(3)20-14(2)12-16-6-10-18(19)11-7-16/h4-11,14-15,20H,12H2,1-3H3/t14?,15-/m0/s1. The Kier molecular flexibility index (Phi) is 5.22. The third-order valence-corrected chi connectivity index (χ3v) is 3.82. The Morgan fingerprint density at radius 3 is 2.15 bits per heavy atom. The first-order chi connectivity index (χ1) is 9.54. The SMILES string of the molecule is Cc1ccc([C@H](C)NC(C)Cc2ccc(Cl)cc2)cc1. The highest BCUT2D eigenvalue weighted by atomic mass is 35.5. The molecule has 0 heterocycles. The van der Waals surface area contributed by atoms with Crippen LogP contribution in [0.2, 0.25) is 5.02 Å². The van der Waals surface area contributed by atoms with Crippen LogP contribution in [0, 0.1) is 6.92 Å². The van der Waals surface area contributed by atoms with E-state index in [2.05, 4.69) is 62.5 Å². The van der Waals surface area contributed by atoms with Crippen LogP contribution in [0.25, 0.3) is 0 Å². The fraction of sp³-hybridized carbons (Fsp3) is 0.333. The number of hydrogen-bond acceptors (Lipinski definition) is 1. The van der Waals surface area contributed by atoms with E-state index >= 15 is 0 Å². The summed E-state index contributed by atoms with van der Waals surface area (Å²) in [5.74, 6) is 0. The minimum absolute atomic E-state index is 0.359. The molecule has 1 N–H and O–H groups in total. The molecule has 0 saturated heterocycles. The van der Waals surface area contributed by atoms with E-state index in [-0.39, 0.29) is 0 Å². The van der Waals surface area contributed by atoms with Crippen molar-refractivity contribution in [2.45, 2.75) is 39.3 Å². The van der Waals surface area contributed by atoms with Gasteiger partial charge in [0.15, 0.2) is 0 Å². The second-order valence-corrected chi connectivity index (χ2v) is 5.97. The predicted octanol–water partition coefficient (Wildman–Crippen LogP) is 4.93. The summed E-state index contributed by atoms with van der Waals surface area (Å²) in [6.07, 6.45) is 1.01. The first-order valence-corrected chi connectivity index (χ1v) is 7.49. The second-order valence-electron chi connectivity index (χ2n) is 5.53. The summed E-state index contributed by atoms with van der Waals surface area (Å²) in [5.41, 5.74) is 3.94. The molecule has 0 fully saturated rings. The molecule has 20 heavy (non-hydrogen) atoms. The third-order valence-electron chi connectivity index (χ3n) is 3.57. The lowest BCUT2D eigenvalue weighted by Gasteiger charge is -2.20. The lowest BCUT2D eigenvalue weighted by molar-refractivity contribution is 0.477. The molecule has 2 rings (SSSR count). The maximum atomic E-state index is 5.91. The number of benzene rings is 2. The average Bonchev–Trinajstić information content (AvgIpc) is 2.42. The van der Waals surface area contributed by atoms with E-state index in [1.165, 1.54) is 16.7 Å². The van der Waals surface area contributed by atoms with Crippen molar-refractivity contribution in [2.24, 2.45) is 0 Å². The van der Waals surface area contributed by atoms with Gasteiger partial charge in [0.1, 0.15) is 0 Å². The summed E-state index contributed by atoms with van der Waals surface area (Å²) < 4.78 is 0. The van der Waals surface area contributed by atoms with Crippen molar-refractivity contribution < 1.29 is 0 Å². The molecule has 2 atom stereocenters. The van der Waals surface area contributed by atoms with Crippen LogP contribution in [0.15, 0.2) is 48.5 Å². The molecule has 0 bridgehead atoms. The van der Waals surface area contributed by atoms with Gasteiger partial charge in [0.05, 0.1) is 0 Å². The molecule has 1 unspecified atom stereocenters. The van der Waals surface area contributed by atoms with Crippen LogP contribution in [0.3, 0.4) is 0 Å². The maximum absolute atomic E-state index is 5.91. The van der Waals surface area contributed by atoms with E-state index in [1.54, 1.807) is 0 Å². The van der Waals surface area contributed by atoms with E-state index < -0.39 is 0 Å². The van der Waals surface area contributed by atoms with Gasteiger partial charge in [-0.05, 0) is 50.5 Å². The van der Waals surface area contributed by atoms with Gasteiger partial charge >= 0.3 is 0 Å². The highest BCUT2D eigenvalue weighted by molar-refractivity contribution is 6.30. The molecule has 106 valence electrons. The highest BCUT2D eigenvalue weighted by Crippen LogP contribution is 2.16. The average molecular weight is 288 g/mol. The highest BCUT2D eigenvalue weighted by Gasteiger charge is 2.09. The summed E-state index contributed by atoms with van der Waals surface area (Å²) in [5, 5.41) is 4.44. The lowest BCUT2D eigenvalue weighted by Crippen LogP contribution is -2.30. The fourth-order valence-corrected chi connectivity index (χ4v) is 2.54. The Balaban J connectivity index is 1.92. The van der Waals surface area contributed by atoms with Gasteiger partial charge in [-0.25, -0.2) is 0 Å². The first kappa shape index (κ1) is 15.1. The van der Waals surface area contributed by atoms with E-state index in [4.69, 9.17) is 11.6 Å². The normalized spacial score (nSPS) is 14.0. The molecule has 2 aromatic rings. The van der Waals surface area contributed by atoms with Gasteiger partial charge in [-0.1, -0.05) is 53.6 Å². The quantitative estimate of drug-likeness (QED) is 0.822. The zero-order chi connectivity index (χ0) is 14.5. The second kappa shape index (κ2) is 6.92. The van der Waals surface area contributed by atoms with Gasteiger partial charge in [-0.15, -0.1) is 0 Å². The zero-order valence-electron chi connectivity index (χ0n) is 12.4. The van der Waals surface area contributed by atoms with Crippen LogP contribution in [-0.4, -0.2) is 6.04 Å². The molecule has 0 spiro atoms. The van der Waals surface area contributed by atoms with Crippen LogP contribution in [-0.2, 0) is 6.42 Å². The Hall–Kier alpha value is -1.31. The van der Waals surface area contributed by atoms with Crippen molar-refractivity contribution in [3.8, 4) is 0 Å². The molecule has 0 aliphatic carbocycles. The number of nitrogens with one attached hydrogen (secondary N) is 1. The van der Waals surface area contributed by atoms with Crippen LogP contribution >= 0.6 is 11.6 Å². The molecule has 2 aromatic carbocycles. The fourth-order valence-electron chi connectivity index (χ4n) is 2.41. The molecule has 0 aliphatic rings. The summed E-state index contributed by atoms with van der Waals surface area (Å²) in [6.45, 7) is 6.55. The van der Waals surface area contributed by atoms with Crippen molar-refractivity contribution in [2.75, 3.05) is 0 Å². The molecule has 0 saturated carbocycles. The maximum Gasteiger partial charge on any atom is 0.0406 e. The number of aryl methyl sites for hydroxylation is 1. The van der Waals surface area contributed by atoms with Crippen LogP contribution in [0.1, 0.15) is 36.6 Å². The molecule has 0 radical (unpaired) electrons. The zero-order valence-corrected chi connectivity index (χ0v) is 13.1. The molecule has 0 aromatic heterocycles. The number of rotatable bonds is 5. The summed E-state index contributed by atoms with van der Waals surface area (Å²) in [6, 6.07) is 17.6. The Labute approximate surface area is 127 Å². The summed E-state index contributed by atoms with van der Waals surface area (Å²) in [7, 11) is 0. The van der Waals surface area contributed by atoms with Gasteiger partial charge in [-0.3, -0.25) is 0 Å². The number of halogens is 1. The molecule has 0 aliphatic heterocycles. The predicted molar refractivity (Wildman–Crippen MR) is 87.3 cm³/mol. The molecular weight excluding hydrogens is 266 g/mol. The van der Waals surface area contributed by atoms with Gasteiger partial charge in [0.25, 0.3) is 0 Å². The first-order valence-electron chi connectivity index (χ1n) is 7.11. The Bertz CT molecular complexity index is 530. The topological polar surface area (TPSA) is 12.0 Å². The van der Waals surface area contributed by atoms with Crippen molar-refractivity contribution in [3.63, 3.8) is 0 Å². The molecular formula is C18H22ClN. The summed E-state index contributed by atoms with van der Waals surface area (Å²) >= 11 is 5.91. The monoisotopic (exact) mass is 287 g/mol. The van der Waals surface area contributed by atoms with E-state index in [0.29, 0.717) is 12.1 Å². The van der Waals surface area contributed by atoms with Crippen molar-refractivity contribution in [3.05, 3.63) is 70.2 Å².